The van der Waals surface area contributed by atoms with Crippen LogP contribution in [0.2, 0.25) is 0 Å². The molecule has 116 valence electrons. The molecule has 0 unspecified atom stereocenters. The summed E-state index contributed by atoms with van der Waals surface area (Å²) in [7, 11) is 0. The third kappa shape index (κ3) is 3.73. The molecule has 0 atom stereocenters. The highest BCUT2D eigenvalue weighted by Crippen LogP contribution is 2.28. The number of hydrogen-bond donors (Lipinski definition) is 1. The maximum Gasteiger partial charge on any atom is 0.308 e. The molecule has 1 aromatic carbocycles. The van der Waals surface area contributed by atoms with Gasteiger partial charge in [0.2, 0.25) is 0 Å². The monoisotopic (exact) mass is 325 g/mol. The Morgan fingerprint density at radius 2 is 2.00 bits per heavy atom. The minimum atomic E-state index is -0.330. The Hall–Kier alpha value is -2.73. The molecule has 2 aromatic heterocycles. The van der Waals surface area contributed by atoms with Gasteiger partial charge in [-0.2, -0.15) is 0 Å². The Kier molecular flexibility index (Phi) is 4.34. The van der Waals surface area contributed by atoms with Crippen molar-refractivity contribution in [1.29, 1.82) is 0 Å². The van der Waals surface area contributed by atoms with Crippen LogP contribution < -0.4 is 10.1 Å². The van der Waals surface area contributed by atoms with Gasteiger partial charge in [-0.1, -0.05) is 6.07 Å². The van der Waals surface area contributed by atoms with E-state index in [1.165, 1.54) is 18.3 Å². The number of hydrogen-bond acceptors (Lipinski definition) is 6. The van der Waals surface area contributed by atoms with Gasteiger partial charge in [-0.05, 0) is 42.8 Å². The Bertz CT molecular complexity index is 828. The van der Waals surface area contributed by atoms with E-state index >= 15 is 0 Å². The summed E-state index contributed by atoms with van der Waals surface area (Å²) < 4.78 is 5.03. The molecule has 0 bridgehead atoms. The molecule has 5 nitrogen and oxygen atoms in total. The number of rotatable bonds is 4. The molecule has 23 heavy (non-hydrogen) atoms. The number of carbonyl (C=O) groups excluding carboxylic acids is 1. The number of benzene rings is 1. The lowest BCUT2D eigenvalue weighted by Crippen LogP contribution is -2.00. The highest BCUT2D eigenvalue weighted by molar-refractivity contribution is 7.14. The zero-order chi connectivity index (χ0) is 16.2. The van der Waals surface area contributed by atoms with Crippen LogP contribution in [-0.4, -0.2) is 15.9 Å². The summed E-state index contributed by atoms with van der Waals surface area (Å²) in [5.41, 5.74) is 2.89. The largest absolute Gasteiger partial charge is 0.427 e. The van der Waals surface area contributed by atoms with Crippen molar-refractivity contribution in [3.63, 3.8) is 0 Å². The topological polar surface area (TPSA) is 64.1 Å². The predicted octanol–water partition coefficient (Wildman–Crippen LogP) is 4.18. The van der Waals surface area contributed by atoms with Crippen molar-refractivity contribution in [2.75, 3.05) is 5.32 Å². The van der Waals surface area contributed by atoms with E-state index in [0.29, 0.717) is 5.75 Å². The van der Waals surface area contributed by atoms with E-state index < -0.39 is 0 Å². The fraction of sp³-hybridized carbons (Fsp3) is 0.118. The van der Waals surface area contributed by atoms with Crippen LogP contribution in [0.3, 0.4) is 0 Å². The van der Waals surface area contributed by atoms with E-state index in [-0.39, 0.29) is 5.97 Å². The van der Waals surface area contributed by atoms with Crippen LogP contribution in [0.4, 0.5) is 10.9 Å². The van der Waals surface area contributed by atoms with Crippen LogP contribution in [0.15, 0.2) is 48.0 Å². The molecule has 0 fully saturated rings. The summed E-state index contributed by atoms with van der Waals surface area (Å²) in [5.74, 6) is 1.00. The molecule has 0 aliphatic heterocycles. The predicted molar refractivity (Wildman–Crippen MR) is 91.1 cm³/mol. The Morgan fingerprint density at radius 1 is 1.22 bits per heavy atom. The standard InChI is InChI=1S/C17H15N3O2S/c1-11-4-3-9-18-16(11)20-17-19-15(10-23-17)13-5-7-14(8-6-13)22-12(2)21/h3-10H,1-2H3,(H,18,19,20). The second-order valence-electron chi connectivity index (χ2n) is 4.95. The second-order valence-corrected chi connectivity index (χ2v) is 5.81. The first kappa shape index (κ1) is 15.2. The number of aryl methyl sites for hydroxylation is 1. The molecule has 0 amide bonds. The number of nitrogens with one attached hydrogen (secondary N) is 1. The molecule has 0 spiro atoms. The number of pyridine rings is 1. The van der Waals surface area contributed by atoms with Gasteiger partial charge >= 0.3 is 5.97 Å². The van der Waals surface area contributed by atoms with E-state index in [1.807, 2.05) is 36.6 Å². The van der Waals surface area contributed by atoms with Crippen molar-refractivity contribution in [3.05, 3.63) is 53.5 Å². The van der Waals surface area contributed by atoms with Gasteiger partial charge in [0.15, 0.2) is 5.13 Å². The zero-order valence-electron chi connectivity index (χ0n) is 12.7. The molecule has 0 aliphatic rings. The number of anilines is 2. The van der Waals surface area contributed by atoms with Gasteiger partial charge in [0.1, 0.15) is 11.6 Å². The van der Waals surface area contributed by atoms with E-state index in [0.717, 1.165) is 27.8 Å². The molecule has 0 saturated carbocycles. The molecule has 1 N–H and O–H groups in total. The van der Waals surface area contributed by atoms with Crippen molar-refractivity contribution in [3.8, 4) is 17.0 Å². The minimum absolute atomic E-state index is 0.330. The molecule has 0 radical (unpaired) electrons. The lowest BCUT2D eigenvalue weighted by Gasteiger charge is -2.04. The van der Waals surface area contributed by atoms with Crippen molar-refractivity contribution >= 4 is 28.3 Å². The SMILES string of the molecule is CC(=O)Oc1ccc(-c2csc(Nc3ncccc3C)n2)cc1. The first-order valence-electron chi connectivity index (χ1n) is 7.05. The Balaban J connectivity index is 1.76. The normalized spacial score (nSPS) is 10.3. The molecule has 2 heterocycles. The number of carbonyl (C=O) groups is 1. The van der Waals surface area contributed by atoms with Gasteiger partial charge in [0.25, 0.3) is 0 Å². The van der Waals surface area contributed by atoms with Crippen molar-refractivity contribution in [1.82, 2.24) is 9.97 Å². The molecular formula is C17H15N3O2S. The van der Waals surface area contributed by atoms with Gasteiger partial charge in [-0.3, -0.25) is 4.79 Å². The van der Waals surface area contributed by atoms with E-state index in [4.69, 9.17) is 4.74 Å². The molecule has 3 rings (SSSR count). The smallest absolute Gasteiger partial charge is 0.308 e. The van der Waals surface area contributed by atoms with Gasteiger partial charge in [0, 0.05) is 24.1 Å². The third-order valence-electron chi connectivity index (χ3n) is 3.15. The van der Waals surface area contributed by atoms with Gasteiger partial charge < -0.3 is 10.1 Å². The van der Waals surface area contributed by atoms with Crippen molar-refractivity contribution in [2.24, 2.45) is 0 Å². The highest BCUT2D eigenvalue weighted by atomic mass is 32.1. The third-order valence-corrected chi connectivity index (χ3v) is 3.91. The minimum Gasteiger partial charge on any atom is -0.427 e. The number of aromatic nitrogens is 2. The summed E-state index contributed by atoms with van der Waals surface area (Å²) in [5, 5.41) is 5.98. The first-order chi connectivity index (χ1) is 11.1. The average molecular weight is 325 g/mol. The van der Waals surface area contributed by atoms with Crippen LogP contribution in [0.25, 0.3) is 11.3 Å². The maximum absolute atomic E-state index is 10.9. The first-order valence-corrected chi connectivity index (χ1v) is 7.93. The highest BCUT2D eigenvalue weighted by Gasteiger charge is 2.07. The fourth-order valence-corrected chi connectivity index (χ4v) is 2.76. The molecule has 6 heteroatoms. The van der Waals surface area contributed by atoms with Crippen molar-refractivity contribution in [2.45, 2.75) is 13.8 Å². The average Bonchev–Trinajstić information content (AvgIpc) is 2.98. The number of esters is 1. The molecular weight excluding hydrogens is 310 g/mol. The van der Waals surface area contributed by atoms with Crippen LogP contribution in [0.1, 0.15) is 12.5 Å². The van der Waals surface area contributed by atoms with E-state index in [1.54, 1.807) is 18.3 Å². The summed E-state index contributed by atoms with van der Waals surface area (Å²) in [6, 6.07) is 11.2. The summed E-state index contributed by atoms with van der Waals surface area (Å²) in [6.45, 7) is 3.38. The second kappa shape index (κ2) is 6.58. The van der Waals surface area contributed by atoms with E-state index in [2.05, 4.69) is 15.3 Å². The number of thiazole rings is 1. The van der Waals surface area contributed by atoms with Crippen LogP contribution in [0.5, 0.6) is 5.75 Å². The molecule has 0 aliphatic carbocycles. The Morgan fingerprint density at radius 3 is 2.70 bits per heavy atom. The van der Waals surface area contributed by atoms with Crippen LogP contribution >= 0.6 is 11.3 Å². The van der Waals surface area contributed by atoms with Crippen LogP contribution in [0, 0.1) is 6.92 Å². The molecule has 3 aromatic rings. The number of ether oxygens (including phenoxy) is 1. The zero-order valence-corrected chi connectivity index (χ0v) is 13.6. The van der Waals surface area contributed by atoms with Gasteiger partial charge in [0.05, 0.1) is 5.69 Å². The van der Waals surface area contributed by atoms with Gasteiger partial charge in [-0.15, -0.1) is 11.3 Å². The molecule has 0 saturated heterocycles. The number of nitrogens with zero attached hydrogens (tertiary/aromatic N) is 2. The quantitative estimate of drug-likeness (QED) is 0.576. The lowest BCUT2D eigenvalue weighted by atomic mass is 10.2. The summed E-state index contributed by atoms with van der Waals surface area (Å²) in [4.78, 5) is 19.8. The Labute approximate surface area is 138 Å². The summed E-state index contributed by atoms with van der Waals surface area (Å²) >= 11 is 1.52. The fourth-order valence-electron chi connectivity index (χ4n) is 2.04. The van der Waals surface area contributed by atoms with Crippen molar-refractivity contribution < 1.29 is 9.53 Å². The summed E-state index contributed by atoms with van der Waals surface area (Å²) in [6.07, 6.45) is 1.75. The lowest BCUT2D eigenvalue weighted by molar-refractivity contribution is -0.131. The van der Waals surface area contributed by atoms with E-state index in [9.17, 15) is 4.79 Å². The maximum atomic E-state index is 10.9. The van der Waals surface area contributed by atoms with Gasteiger partial charge in [-0.25, -0.2) is 9.97 Å². The van der Waals surface area contributed by atoms with Crippen LogP contribution in [-0.2, 0) is 4.79 Å².